The number of nitrogens with zero attached hydrogens (tertiary/aromatic N) is 5. The first-order valence-corrected chi connectivity index (χ1v) is 10.1. The summed E-state index contributed by atoms with van der Waals surface area (Å²) in [5, 5.41) is 0. The Bertz CT molecular complexity index is 973. The van der Waals surface area contributed by atoms with Gasteiger partial charge in [-0.25, -0.2) is 9.79 Å². The number of aliphatic imine (C=N–C) groups is 1. The van der Waals surface area contributed by atoms with Crippen LogP contribution in [-0.2, 0) is 14.3 Å². The maximum atomic E-state index is 13.3. The highest BCUT2D eigenvalue weighted by atomic mass is 16.5. The van der Waals surface area contributed by atoms with Gasteiger partial charge in [0.1, 0.15) is 5.75 Å². The summed E-state index contributed by atoms with van der Waals surface area (Å²) in [6.07, 6.45) is 1.18. The Labute approximate surface area is 180 Å². The molecule has 1 aromatic rings. The van der Waals surface area contributed by atoms with Gasteiger partial charge in [0.25, 0.3) is 5.91 Å². The fraction of sp³-hybridized carbons (Fsp3) is 0.429. The molecule has 0 aliphatic carbocycles. The van der Waals surface area contributed by atoms with Crippen molar-refractivity contribution in [3.05, 3.63) is 36.2 Å². The van der Waals surface area contributed by atoms with E-state index in [1.165, 1.54) is 4.90 Å². The summed E-state index contributed by atoms with van der Waals surface area (Å²) in [5.74, 6) is 0.495. The second-order valence-electron chi connectivity index (χ2n) is 7.44. The van der Waals surface area contributed by atoms with E-state index >= 15 is 0 Å². The molecule has 10 heteroatoms. The van der Waals surface area contributed by atoms with Crippen molar-refractivity contribution in [1.29, 1.82) is 0 Å². The van der Waals surface area contributed by atoms with Crippen molar-refractivity contribution in [3.63, 3.8) is 0 Å². The Morgan fingerprint density at radius 1 is 1.19 bits per heavy atom. The third kappa shape index (κ3) is 3.37. The average Bonchev–Trinajstić information content (AvgIpc) is 3.27. The molecule has 1 fully saturated rings. The van der Waals surface area contributed by atoms with E-state index in [1.54, 1.807) is 26.0 Å². The van der Waals surface area contributed by atoms with Gasteiger partial charge in [-0.1, -0.05) is 0 Å². The third-order valence-corrected chi connectivity index (χ3v) is 5.56. The maximum Gasteiger partial charge on any atom is 0.328 e. The number of anilines is 1. The molecule has 0 spiro atoms. The number of allylic oxidation sites excluding steroid dienone is 1. The summed E-state index contributed by atoms with van der Waals surface area (Å²) in [6, 6.07) is 6.37. The molecule has 31 heavy (non-hydrogen) atoms. The van der Waals surface area contributed by atoms with E-state index in [9.17, 15) is 14.4 Å². The SMILES string of the molecule is CCOC(=O)CCN1C(=O)C2C(N=C3N(c4ccc(OC)cc4)C(C)=CN32)N(C)C1=O. The van der Waals surface area contributed by atoms with Crippen LogP contribution in [0.4, 0.5) is 10.5 Å². The fourth-order valence-corrected chi connectivity index (χ4v) is 4.05. The molecular weight excluding hydrogens is 402 g/mol. The summed E-state index contributed by atoms with van der Waals surface area (Å²) in [4.78, 5) is 48.8. The largest absolute Gasteiger partial charge is 0.497 e. The summed E-state index contributed by atoms with van der Waals surface area (Å²) in [7, 11) is 3.22. The first-order valence-electron chi connectivity index (χ1n) is 10.1. The number of fused-ring (bicyclic) bond motifs is 3. The molecule has 0 saturated carbocycles. The maximum absolute atomic E-state index is 13.3. The van der Waals surface area contributed by atoms with Crippen molar-refractivity contribution in [2.45, 2.75) is 32.5 Å². The lowest BCUT2D eigenvalue weighted by Crippen LogP contribution is -2.64. The van der Waals surface area contributed by atoms with Gasteiger partial charge in [-0.2, -0.15) is 0 Å². The Morgan fingerprint density at radius 3 is 2.55 bits per heavy atom. The van der Waals surface area contributed by atoms with Crippen molar-refractivity contribution >= 4 is 29.6 Å². The van der Waals surface area contributed by atoms with Crippen molar-refractivity contribution in [1.82, 2.24) is 14.7 Å². The lowest BCUT2D eigenvalue weighted by molar-refractivity contribution is -0.144. The van der Waals surface area contributed by atoms with Gasteiger partial charge >= 0.3 is 12.0 Å². The van der Waals surface area contributed by atoms with Crippen LogP contribution in [-0.4, -0.2) is 78.1 Å². The lowest BCUT2D eigenvalue weighted by Gasteiger charge is -2.40. The highest BCUT2D eigenvalue weighted by Gasteiger charge is 2.54. The van der Waals surface area contributed by atoms with Crippen LogP contribution < -0.4 is 9.64 Å². The van der Waals surface area contributed by atoms with Gasteiger partial charge in [0.05, 0.1) is 20.1 Å². The predicted octanol–water partition coefficient (Wildman–Crippen LogP) is 1.59. The number of hydrogen-bond acceptors (Lipinski definition) is 8. The molecule has 3 amide bonds. The standard InChI is InChI=1S/C21H25N5O5/c1-5-31-16(27)10-11-24-19(28)17-18(23(3)21(24)29)22-20-25(17)12-13(2)26(20)14-6-8-15(30-4)9-7-14/h6-9,12,17-18H,5,10-11H2,1-4H3. The van der Waals surface area contributed by atoms with Gasteiger partial charge in [-0.15, -0.1) is 0 Å². The van der Waals surface area contributed by atoms with E-state index in [-0.39, 0.29) is 25.5 Å². The van der Waals surface area contributed by atoms with E-state index in [4.69, 9.17) is 14.5 Å². The van der Waals surface area contributed by atoms with Crippen LogP contribution in [0.15, 0.2) is 41.2 Å². The predicted molar refractivity (Wildman–Crippen MR) is 112 cm³/mol. The van der Waals surface area contributed by atoms with E-state index in [0.717, 1.165) is 22.0 Å². The number of methoxy groups -OCH3 is 1. The summed E-state index contributed by atoms with van der Waals surface area (Å²) in [5.41, 5.74) is 1.77. The number of likely N-dealkylation sites (N-methyl/N-ethyl adjacent to an activating group) is 1. The molecule has 164 valence electrons. The van der Waals surface area contributed by atoms with Gasteiger partial charge in [0.15, 0.2) is 12.2 Å². The number of urea groups is 1. The Balaban J connectivity index is 1.59. The van der Waals surface area contributed by atoms with E-state index in [2.05, 4.69) is 0 Å². The van der Waals surface area contributed by atoms with Crippen LogP contribution in [0.2, 0.25) is 0 Å². The van der Waals surface area contributed by atoms with Crippen molar-refractivity contribution in [3.8, 4) is 5.75 Å². The summed E-state index contributed by atoms with van der Waals surface area (Å²) >= 11 is 0. The minimum atomic E-state index is -0.682. The van der Waals surface area contributed by atoms with Gasteiger partial charge < -0.3 is 19.3 Å². The molecule has 3 aliphatic heterocycles. The fourth-order valence-electron chi connectivity index (χ4n) is 4.05. The number of ether oxygens (including phenoxy) is 2. The quantitative estimate of drug-likeness (QED) is 0.636. The van der Waals surface area contributed by atoms with Crippen LogP contribution in [0, 0.1) is 0 Å². The molecule has 0 N–H and O–H groups in total. The van der Waals surface area contributed by atoms with Gasteiger partial charge in [-0.05, 0) is 38.1 Å². The molecule has 1 aromatic carbocycles. The van der Waals surface area contributed by atoms with E-state index in [1.807, 2.05) is 42.3 Å². The minimum absolute atomic E-state index is 0.0296. The van der Waals surface area contributed by atoms with Gasteiger partial charge in [0, 0.05) is 31.2 Å². The van der Waals surface area contributed by atoms with Crippen LogP contribution in [0.3, 0.4) is 0 Å². The number of esters is 1. The summed E-state index contributed by atoms with van der Waals surface area (Å²) < 4.78 is 10.1. The number of hydrogen-bond donors (Lipinski definition) is 0. The first kappa shape index (κ1) is 20.7. The number of guanidine groups is 1. The zero-order valence-corrected chi connectivity index (χ0v) is 17.9. The van der Waals surface area contributed by atoms with E-state index in [0.29, 0.717) is 5.96 Å². The number of carbonyl (C=O) groups excluding carboxylic acids is 3. The third-order valence-electron chi connectivity index (χ3n) is 5.56. The number of imide groups is 1. The zero-order chi connectivity index (χ0) is 22.3. The molecule has 4 rings (SSSR count). The summed E-state index contributed by atoms with van der Waals surface area (Å²) in [6.45, 7) is 3.86. The van der Waals surface area contributed by atoms with Crippen molar-refractivity contribution in [2.24, 2.45) is 4.99 Å². The number of amides is 3. The number of carbonyl (C=O) groups is 3. The van der Waals surface area contributed by atoms with Gasteiger partial charge in [0.2, 0.25) is 5.96 Å². The highest BCUT2D eigenvalue weighted by molar-refractivity contribution is 6.10. The van der Waals surface area contributed by atoms with Crippen LogP contribution >= 0.6 is 0 Å². The molecule has 10 nitrogen and oxygen atoms in total. The van der Waals surface area contributed by atoms with Gasteiger partial charge in [-0.3, -0.25) is 19.4 Å². The molecule has 0 bridgehead atoms. The lowest BCUT2D eigenvalue weighted by atomic mass is 10.1. The Morgan fingerprint density at radius 2 is 1.90 bits per heavy atom. The molecule has 3 aliphatic rings. The number of benzene rings is 1. The Kier molecular flexibility index (Phi) is 5.30. The average molecular weight is 427 g/mol. The molecule has 2 unspecified atom stereocenters. The smallest absolute Gasteiger partial charge is 0.328 e. The second-order valence-corrected chi connectivity index (χ2v) is 7.44. The first-order chi connectivity index (χ1) is 14.9. The van der Waals surface area contributed by atoms with Crippen molar-refractivity contribution in [2.75, 3.05) is 32.2 Å². The highest BCUT2D eigenvalue weighted by Crippen LogP contribution is 2.36. The Hall–Kier alpha value is -3.56. The zero-order valence-electron chi connectivity index (χ0n) is 17.9. The molecule has 0 aromatic heterocycles. The minimum Gasteiger partial charge on any atom is -0.497 e. The molecule has 2 atom stereocenters. The number of rotatable bonds is 6. The molecule has 1 saturated heterocycles. The second kappa shape index (κ2) is 7.93. The molecular formula is C21H25N5O5. The topological polar surface area (TPSA) is 95.0 Å². The van der Waals surface area contributed by atoms with E-state index < -0.39 is 24.2 Å². The van der Waals surface area contributed by atoms with Crippen LogP contribution in [0.25, 0.3) is 0 Å². The van der Waals surface area contributed by atoms with Crippen LogP contribution in [0.5, 0.6) is 5.75 Å². The molecule has 0 radical (unpaired) electrons. The van der Waals surface area contributed by atoms with Crippen LogP contribution in [0.1, 0.15) is 20.3 Å². The molecule has 3 heterocycles. The monoisotopic (exact) mass is 427 g/mol. The normalized spacial score (nSPS) is 22.3. The van der Waals surface area contributed by atoms with Crippen molar-refractivity contribution < 1.29 is 23.9 Å².